The maximum atomic E-state index is 12.0. The fourth-order valence-electron chi connectivity index (χ4n) is 1.97. The van der Waals surface area contributed by atoms with Gasteiger partial charge in [-0.1, -0.05) is 0 Å². The summed E-state index contributed by atoms with van der Waals surface area (Å²) >= 11 is 0. The topological polar surface area (TPSA) is 90.9 Å². The van der Waals surface area contributed by atoms with Crippen molar-refractivity contribution in [2.45, 2.75) is 52.4 Å². The molecule has 0 saturated heterocycles. The molecule has 1 amide bonds. The van der Waals surface area contributed by atoms with E-state index in [-0.39, 0.29) is 18.0 Å². The Morgan fingerprint density at radius 2 is 1.86 bits per heavy atom. The van der Waals surface area contributed by atoms with Gasteiger partial charge in [-0.3, -0.25) is 10.1 Å². The van der Waals surface area contributed by atoms with Gasteiger partial charge >= 0.3 is 12.1 Å². The first kappa shape index (κ1) is 17.0. The van der Waals surface area contributed by atoms with Crippen LogP contribution in [0.5, 0.6) is 0 Å². The van der Waals surface area contributed by atoms with Crippen molar-refractivity contribution in [3.63, 3.8) is 0 Å². The zero-order valence-electron chi connectivity index (χ0n) is 13.2. The predicted molar refractivity (Wildman–Crippen MR) is 73.2 cm³/mol. The molecule has 7 nitrogen and oxygen atoms in total. The Labute approximate surface area is 123 Å². The van der Waals surface area contributed by atoms with Gasteiger partial charge in [0.15, 0.2) is 5.78 Å². The largest absolute Gasteiger partial charge is 0.465 e. The van der Waals surface area contributed by atoms with Gasteiger partial charge in [0.25, 0.3) is 5.72 Å². The monoisotopic (exact) mass is 299 g/mol. The average molecular weight is 299 g/mol. The molecule has 0 aliphatic carbocycles. The van der Waals surface area contributed by atoms with Crippen LogP contribution in [0.1, 0.15) is 41.0 Å². The minimum Gasteiger partial charge on any atom is -0.465 e. The molecule has 0 radical (unpaired) electrons. The molecule has 1 rings (SSSR count). The van der Waals surface area contributed by atoms with Crippen LogP contribution in [0.4, 0.5) is 4.79 Å². The number of allylic oxidation sites excluding steroid dienone is 1. The lowest BCUT2D eigenvalue weighted by Gasteiger charge is -2.29. The molecule has 118 valence electrons. The summed E-state index contributed by atoms with van der Waals surface area (Å²) in [5.41, 5.74) is -2.16. The van der Waals surface area contributed by atoms with E-state index >= 15 is 0 Å². The number of ether oxygens (including phenoxy) is 3. The fourth-order valence-corrected chi connectivity index (χ4v) is 1.97. The van der Waals surface area contributed by atoms with E-state index in [0.29, 0.717) is 5.57 Å². The van der Waals surface area contributed by atoms with Crippen LogP contribution < -0.4 is 5.32 Å². The maximum absolute atomic E-state index is 12.0. The highest BCUT2D eigenvalue weighted by Gasteiger charge is 2.50. The van der Waals surface area contributed by atoms with Crippen molar-refractivity contribution in [1.82, 2.24) is 5.32 Å². The number of methoxy groups -OCH3 is 1. The molecule has 0 spiro atoms. The van der Waals surface area contributed by atoms with E-state index < -0.39 is 23.4 Å². The number of alkyl carbamates (subject to hydrolysis) is 1. The minimum absolute atomic E-state index is 0.0971. The number of ketones is 1. The summed E-state index contributed by atoms with van der Waals surface area (Å²) in [6, 6.07) is 0. The Balaban J connectivity index is 2.98. The highest BCUT2D eigenvalue weighted by Crippen LogP contribution is 2.33. The number of esters is 1. The molecule has 1 aliphatic rings. The lowest BCUT2D eigenvalue weighted by atomic mass is 10.0. The van der Waals surface area contributed by atoms with E-state index in [1.54, 1.807) is 27.7 Å². The van der Waals surface area contributed by atoms with Gasteiger partial charge in [-0.05, 0) is 34.6 Å². The van der Waals surface area contributed by atoms with E-state index in [9.17, 15) is 14.4 Å². The van der Waals surface area contributed by atoms with Crippen molar-refractivity contribution in [3.8, 4) is 0 Å². The molecule has 0 bridgehead atoms. The average Bonchev–Trinajstić information content (AvgIpc) is 2.63. The Hall–Kier alpha value is -2.05. The highest BCUT2D eigenvalue weighted by molar-refractivity contribution is 5.97. The number of rotatable bonds is 3. The Bertz CT molecular complexity index is 502. The molecule has 1 unspecified atom stereocenters. The smallest absolute Gasteiger partial charge is 0.411 e. The summed E-state index contributed by atoms with van der Waals surface area (Å²) in [5.74, 6) is -0.753. The standard InChI is InChI=1S/C14H21NO6/c1-8(16)10-7-14(11(17)19-6,20-9(10)2)15-12(18)21-13(3,4)5/h7H2,1-6H3,(H,15,18). The summed E-state index contributed by atoms with van der Waals surface area (Å²) in [7, 11) is 1.17. The van der Waals surface area contributed by atoms with Crippen molar-refractivity contribution < 1.29 is 28.6 Å². The second-order valence-electron chi connectivity index (χ2n) is 5.82. The predicted octanol–water partition coefficient (Wildman–Crippen LogP) is 1.66. The van der Waals surface area contributed by atoms with Gasteiger partial charge in [0, 0.05) is 5.57 Å². The summed E-state index contributed by atoms with van der Waals surface area (Å²) in [6.45, 7) is 7.99. The van der Waals surface area contributed by atoms with Crippen LogP contribution in [0, 0.1) is 0 Å². The van der Waals surface area contributed by atoms with Gasteiger partial charge < -0.3 is 14.2 Å². The zero-order valence-corrected chi connectivity index (χ0v) is 13.2. The first-order valence-corrected chi connectivity index (χ1v) is 6.50. The van der Waals surface area contributed by atoms with Crippen molar-refractivity contribution in [2.75, 3.05) is 7.11 Å². The summed E-state index contributed by atoms with van der Waals surface area (Å²) in [5, 5.41) is 2.36. The molecule has 1 atom stereocenters. The van der Waals surface area contributed by atoms with Gasteiger partial charge in [0.2, 0.25) is 0 Å². The van der Waals surface area contributed by atoms with E-state index in [4.69, 9.17) is 9.47 Å². The second-order valence-corrected chi connectivity index (χ2v) is 5.82. The lowest BCUT2D eigenvalue weighted by Crippen LogP contribution is -2.56. The van der Waals surface area contributed by atoms with Gasteiger partial charge in [-0.25, -0.2) is 9.59 Å². The zero-order chi connectivity index (χ0) is 16.4. The number of hydrogen-bond acceptors (Lipinski definition) is 6. The number of Topliss-reactive ketones (excluding diaryl/α,β-unsaturated/α-hetero) is 1. The quantitative estimate of drug-likeness (QED) is 0.797. The minimum atomic E-state index is -1.76. The first-order chi connectivity index (χ1) is 9.50. The molecule has 21 heavy (non-hydrogen) atoms. The number of hydrogen-bond donors (Lipinski definition) is 1. The molecule has 1 heterocycles. The Kier molecular flexibility index (Phi) is 4.65. The summed E-state index contributed by atoms with van der Waals surface area (Å²) < 4.78 is 15.2. The number of carbonyl (C=O) groups excluding carboxylic acids is 3. The molecule has 7 heteroatoms. The van der Waals surface area contributed by atoms with Crippen LogP contribution >= 0.6 is 0 Å². The number of nitrogens with one attached hydrogen (secondary N) is 1. The van der Waals surface area contributed by atoms with E-state index in [2.05, 4.69) is 10.1 Å². The number of amides is 1. The van der Waals surface area contributed by atoms with Crippen LogP contribution in [0.3, 0.4) is 0 Å². The van der Waals surface area contributed by atoms with Gasteiger partial charge in [-0.15, -0.1) is 0 Å². The third kappa shape index (κ3) is 3.96. The molecule has 1 aliphatic heterocycles. The SMILES string of the molecule is COC(=O)C1(NC(=O)OC(C)(C)C)CC(C(C)=O)=C(C)O1. The van der Waals surface area contributed by atoms with Crippen LogP contribution in [0.15, 0.2) is 11.3 Å². The first-order valence-electron chi connectivity index (χ1n) is 6.50. The van der Waals surface area contributed by atoms with Crippen molar-refractivity contribution in [2.24, 2.45) is 0 Å². The Morgan fingerprint density at radius 3 is 2.24 bits per heavy atom. The Morgan fingerprint density at radius 1 is 1.29 bits per heavy atom. The van der Waals surface area contributed by atoms with E-state index in [1.807, 2.05) is 0 Å². The third-order valence-electron chi connectivity index (χ3n) is 2.82. The number of carbonyl (C=O) groups is 3. The van der Waals surface area contributed by atoms with Crippen LogP contribution in [0.2, 0.25) is 0 Å². The fraction of sp³-hybridized carbons (Fsp3) is 0.643. The molecule has 0 saturated carbocycles. The molecule has 0 aromatic heterocycles. The van der Waals surface area contributed by atoms with Crippen LogP contribution in [-0.2, 0) is 23.8 Å². The second kappa shape index (κ2) is 5.75. The highest BCUT2D eigenvalue weighted by atomic mass is 16.6. The molecule has 1 N–H and O–H groups in total. The van der Waals surface area contributed by atoms with Gasteiger partial charge in [0.1, 0.15) is 11.4 Å². The third-order valence-corrected chi connectivity index (χ3v) is 2.82. The van der Waals surface area contributed by atoms with Gasteiger partial charge in [-0.2, -0.15) is 0 Å². The van der Waals surface area contributed by atoms with E-state index in [1.165, 1.54) is 14.0 Å². The van der Waals surface area contributed by atoms with Crippen molar-refractivity contribution in [1.29, 1.82) is 0 Å². The molecule has 0 fully saturated rings. The van der Waals surface area contributed by atoms with Gasteiger partial charge in [0.05, 0.1) is 13.5 Å². The lowest BCUT2D eigenvalue weighted by molar-refractivity contribution is -0.165. The van der Waals surface area contributed by atoms with Crippen LogP contribution in [-0.4, -0.2) is 36.3 Å². The molecule has 0 aromatic rings. The molecular weight excluding hydrogens is 278 g/mol. The summed E-state index contributed by atoms with van der Waals surface area (Å²) in [6.07, 6.45) is -0.925. The van der Waals surface area contributed by atoms with E-state index in [0.717, 1.165) is 0 Å². The normalized spacial score (nSPS) is 21.6. The molecule has 0 aromatic carbocycles. The summed E-state index contributed by atoms with van der Waals surface area (Å²) in [4.78, 5) is 35.4. The van der Waals surface area contributed by atoms with Crippen LogP contribution in [0.25, 0.3) is 0 Å². The van der Waals surface area contributed by atoms with Crippen molar-refractivity contribution in [3.05, 3.63) is 11.3 Å². The molecular formula is C14H21NO6. The maximum Gasteiger partial charge on any atom is 0.411 e. The van der Waals surface area contributed by atoms with Crippen molar-refractivity contribution >= 4 is 17.8 Å².